The molecule has 1 aromatic heterocycles. The largest absolute Gasteiger partial charge is 0.362 e. The lowest BCUT2D eigenvalue weighted by molar-refractivity contribution is 0.115. The minimum absolute atomic E-state index is 0.533. The van der Waals surface area contributed by atoms with E-state index >= 15 is 0 Å². The molecular weight excluding hydrogens is 272 g/mol. The maximum absolute atomic E-state index is 5.41. The normalized spacial score (nSPS) is 21.1. The number of fused-ring (bicyclic) bond motifs is 1. The Morgan fingerprint density at radius 2 is 1.95 bits per heavy atom. The van der Waals surface area contributed by atoms with Crippen molar-refractivity contribution in [2.45, 2.75) is 52.2 Å². The monoisotopic (exact) mass is 298 g/mol. The van der Waals surface area contributed by atoms with Crippen molar-refractivity contribution in [1.29, 1.82) is 0 Å². The summed E-state index contributed by atoms with van der Waals surface area (Å²) in [6.07, 6.45) is 2.49. The number of hydrogen-bond donors (Lipinski definition) is 0. The molecule has 1 aromatic carbocycles. The van der Waals surface area contributed by atoms with E-state index in [1.165, 1.54) is 29.7 Å². The first-order chi connectivity index (χ1) is 10.6. The average molecular weight is 298 g/mol. The highest BCUT2D eigenvalue weighted by Crippen LogP contribution is 2.46. The van der Waals surface area contributed by atoms with Crippen molar-refractivity contribution in [1.82, 2.24) is 9.78 Å². The van der Waals surface area contributed by atoms with Gasteiger partial charge in [-0.2, -0.15) is 5.10 Å². The third-order valence-electron chi connectivity index (χ3n) is 4.89. The van der Waals surface area contributed by atoms with Crippen LogP contribution in [-0.2, 0) is 11.5 Å². The van der Waals surface area contributed by atoms with Crippen LogP contribution in [0.4, 0.5) is 0 Å². The van der Waals surface area contributed by atoms with Gasteiger partial charge in [-0.05, 0) is 24.7 Å². The summed E-state index contributed by atoms with van der Waals surface area (Å²) >= 11 is 0. The molecule has 1 aliphatic rings. The number of rotatable bonds is 4. The second-order valence-corrected chi connectivity index (χ2v) is 6.76. The van der Waals surface area contributed by atoms with Crippen molar-refractivity contribution in [2.24, 2.45) is 5.92 Å². The van der Waals surface area contributed by atoms with Gasteiger partial charge in [0.25, 0.3) is 0 Å². The first-order valence-corrected chi connectivity index (χ1v) is 8.28. The molecule has 3 heteroatoms. The fraction of sp³-hybridized carbons (Fsp3) is 0.526. The van der Waals surface area contributed by atoms with Crippen LogP contribution in [0.5, 0.6) is 0 Å². The lowest BCUT2D eigenvalue weighted by Gasteiger charge is -2.31. The lowest BCUT2D eigenvalue weighted by Crippen LogP contribution is -2.21. The van der Waals surface area contributed by atoms with E-state index in [2.05, 4.69) is 55.8 Å². The molecule has 0 unspecified atom stereocenters. The zero-order valence-electron chi connectivity index (χ0n) is 14.0. The lowest BCUT2D eigenvalue weighted by atomic mass is 9.75. The van der Waals surface area contributed by atoms with Crippen molar-refractivity contribution < 1.29 is 4.74 Å². The van der Waals surface area contributed by atoms with Gasteiger partial charge in [-0.1, -0.05) is 51.1 Å². The van der Waals surface area contributed by atoms with E-state index in [0.29, 0.717) is 24.5 Å². The molecule has 3 rings (SSSR count). The molecule has 3 nitrogen and oxygen atoms in total. The SMILES string of the molecule is COCn1nc(-c2ccccc2)c2c1[C@H](C(C)C)CC[C@H]2C. The standard InChI is InChI=1S/C19H26N2O/c1-13(2)16-11-10-14(3)17-18(15-8-6-5-7-9-15)20-21(12-22-4)19(16)17/h5-9,13-14,16H,10-12H2,1-4H3/t14-,16+/m1/s1. The van der Waals surface area contributed by atoms with Crippen LogP contribution in [0, 0.1) is 5.92 Å². The van der Waals surface area contributed by atoms with E-state index in [-0.39, 0.29) is 0 Å². The van der Waals surface area contributed by atoms with Crippen LogP contribution in [0.3, 0.4) is 0 Å². The third kappa shape index (κ3) is 2.58. The van der Waals surface area contributed by atoms with Crippen molar-refractivity contribution in [2.75, 3.05) is 7.11 Å². The Morgan fingerprint density at radius 3 is 2.59 bits per heavy atom. The van der Waals surface area contributed by atoms with Gasteiger partial charge in [0, 0.05) is 29.8 Å². The maximum atomic E-state index is 5.41. The maximum Gasteiger partial charge on any atom is 0.139 e. The first kappa shape index (κ1) is 15.3. The van der Waals surface area contributed by atoms with E-state index in [0.717, 1.165) is 5.69 Å². The topological polar surface area (TPSA) is 27.1 Å². The van der Waals surface area contributed by atoms with Gasteiger partial charge in [0.05, 0.1) is 5.69 Å². The molecule has 0 N–H and O–H groups in total. The van der Waals surface area contributed by atoms with Gasteiger partial charge < -0.3 is 4.74 Å². The molecule has 0 saturated heterocycles. The second-order valence-electron chi connectivity index (χ2n) is 6.76. The number of hydrogen-bond acceptors (Lipinski definition) is 2. The van der Waals surface area contributed by atoms with Gasteiger partial charge in [-0.3, -0.25) is 0 Å². The summed E-state index contributed by atoms with van der Waals surface area (Å²) in [5.74, 6) is 1.76. The third-order valence-corrected chi connectivity index (χ3v) is 4.89. The van der Waals surface area contributed by atoms with Crippen LogP contribution in [-0.4, -0.2) is 16.9 Å². The Hall–Kier alpha value is -1.61. The minimum atomic E-state index is 0.533. The van der Waals surface area contributed by atoms with Crippen molar-refractivity contribution in [3.05, 3.63) is 41.6 Å². The fourth-order valence-corrected chi connectivity index (χ4v) is 3.76. The summed E-state index contributed by atoms with van der Waals surface area (Å²) in [5, 5.41) is 4.93. The first-order valence-electron chi connectivity index (χ1n) is 8.28. The van der Waals surface area contributed by atoms with E-state index in [4.69, 9.17) is 9.84 Å². The Kier molecular flexibility index (Phi) is 4.34. The molecule has 1 aliphatic carbocycles. The van der Waals surface area contributed by atoms with E-state index < -0.39 is 0 Å². The Morgan fingerprint density at radius 1 is 1.23 bits per heavy atom. The molecule has 0 radical (unpaired) electrons. The summed E-state index contributed by atoms with van der Waals surface area (Å²) in [6, 6.07) is 10.5. The van der Waals surface area contributed by atoms with E-state index in [1.807, 2.05) is 0 Å². The summed E-state index contributed by atoms with van der Waals surface area (Å²) < 4.78 is 7.50. The van der Waals surface area contributed by atoms with Gasteiger partial charge in [0.1, 0.15) is 6.73 Å². The van der Waals surface area contributed by atoms with Crippen LogP contribution in [0.1, 0.15) is 56.7 Å². The van der Waals surface area contributed by atoms with Crippen molar-refractivity contribution >= 4 is 0 Å². The molecular formula is C19H26N2O. The second kappa shape index (κ2) is 6.25. The molecule has 0 spiro atoms. The Bertz CT molecular complexity index is 630. The smallest absolute Gasteiger partial charge is 0.139 e. The zero-order chi connectivity index (χ0) is 15.7. The molecule has 22 heavy (non-hydrogen) atoms. The predicted molar refractivity (Wildman–Crippen MR) is 89.9 cm³/mol. The molecule has 118 valence electrons. The number of methoxy groups -OCH3 is 1. The van der Waals surface area contributed by atoms with Crippen molar-refractivity contribution in [3.63, 3.8) is 0 Å². The Balaban J connectivity index is 2.19. The summed E-state index contributed by atoms with van der Waals surface area (Å²) in [4.78, 5) is 0. The van der Waals surface area contributed by atoms with Crippen LogP contribution in [0.15, 0.2) is 30.3 Å². The highest BCUT2D eigenvalue weighted by atomic mass is 16.5. The van der Waals surface area contributed by atoms with Gasteiger partial charge in [0.2, 0.25) is 0 Å². The molecule has 2 atom stereocenters. The molecule has 2 aromatic rings. The number of aromatic nitrogens is 2. The van der Waals surface area contributed by atoms with Crippen molar-refractivity contribution in [3.8, 4) is 11.3 Å². The summed E-state index contributed by atoms with van der Waals surface area (Å²) in [5.41, 5.74) is 5.19. The van der Waals surface area contributed by atoms with E-state index in [9.17, 15) is 0 Å². The molecule has 0 aliphatic heterocycles. The average Bonchev–Trinajstić information content (AvgIpc) is 2.89. The van der Waals surface area contributed by atoms with Crippen LogP contribution in [0.25, 0.3) is 11.3 Å². The number of nitrogens with zero attached hydrogens (tertiary/aromatic N) is 2. The van der Waals surface area contributed by atoms with Gasteiger partial charge in [-0.15, -0.1) is 0 Å². The molecule has 1 heterocycles. The Labute approximate surface area is 133 Å². The van der Waals surface area contributed by atoms with Crippen LogP contribution >= 0.6 is 0 Å². The number of benzene rings is 1. The van der Waals surface area contributed by atoms with E-state index in [1.54, 1.807) is 7.11 Å². The molecule has 0 amide bonds. The van der Waals surface area contributed by atoms with Crippen LogP contribution < -0.4 is 0 Å². The summed E-state index contributed by atoms with van der Waals surface area (Å²) in [7, 11) is 1.74. The predicted octanol–water partition coefficient (Wildman–Crippen LogP) is 4.79. The quantitative estimate of drug-likeness (QED) is 0.811. The molecule has 0 bridgehead atoms. The fourth-order valence-electron chi connectivity index (χ4n) is 3.76. The van der Waals surface area contributed by atoms with Gasteiger partial charge in [-0.25, -0.2) is 4.68 Å². The highest BCUT2D eigenvalue weighted by molar-refractivity contribution is 5.65. The zero-order valence-corrected chi connectivity index (χ0v) is 14.0. The molecule has 0 saturated carbocycles. The number of ether oxygens (including phenoxy) is 1. The molecule has 0 fully saturated rings. The summed E-state index contributed by atoms with van der Waals surface area (Å²) in [6.45, 7) is 7.50. The minimum Gasteiger partial charge on any atom is -0.362 e. The van der Waals surface area contributed by atoms with Gasteiger partial charge in [0.15, 0.2) is 0 Å². The highest BCUT2D eigenvalue weighted by Gasteiger charge is 2.34. The van der Waals surface area contributed by atoms with Crippen LogP contribution in [0.2, 0.25) is 0 Å². The van der Waals surface area contributed by atoms with Gasteiger partial charge >= 0.3 is 0 Å².